The molecule has 6 nitrogen and oxygen atoms in total. The number of amides is 1. The van der Waals surface area contributed by atoms with Crippen LogP contribution in [-0.4, -0.2) is 36.6 Å². The second kappa shape index (κ2) is 7.16. The zero-order valence-electron chi connectivity index (χ0n) is 11.8. The molecule has 0 fully saturated rings. The Balaban J connectivity index is 4.34. The molecule has 1 atom stereocenters. The van der Waals surface area contributed by atoms with Gasteiger partial charge in [0.2, 0.25) is 15.9 Å². The van der Waals surface area contributed by atoms with Gasteiger partial charge < -0.3 is 11.1 Å². The molecule has 0 saturated heterocycles. The molecular formula is C11H23N3O3S2. The van der Waals surface area contributed by atoms with Crippen LogP contribution in [0.5, 0.6) is 0 Å². The molecule has 4 N–H and O–H groups in total. The average molecular weight is 309 g/mol. The van der Waals surface area contributed by atoms with Crippen LogP contribution in [0.1, 0.15) is 40.5 Å². The Kier molecular flexibility index (Phi) is 6.88. The molecule has 0 aliphatic heterocycles. The lowest BCUT2D eigenvalue weighted by molar-refractivity contribution is -0.122. The van der Waals surface area contributed by atoms with E-state index in [4.69, 9.17) is 18.0 Å². The molecule has 0 aliphatic carbocycles. The molecule has 0 aromatic heterocycles. The van der Waals surface area contributed by atoms with Crippen LogP contribution in [0.4, 0.5) is 0 Å². The zero-order valence-corrected chi connectivity index (χ0v) is 13.5. The molecule has 0 aromatic rings. The molecule has 0 bridgehead atoms. The van der Waals surface area contributed by atoms with E-state index in [-0.39, 0.29) is 29.4 Å². The molecule has 0 aromatic carbocycles. The molecule has 0 radical (unpaired) electrons. The quantitative estimate of drug-likeness (QED) is 0.586. The van der Waals surface area contributed by atoms with E-state index in [1.165, 1.54) is 0 Å². The summed E-state index contributed by atoms with van der Waals surface area (Å²) in [5.41, 5.74) is 5.05. The van der Waals surface area contributed by atoms with E-state index in [9.17, 15) is 13.2 Å². The number of thiocarbonyl (C=S) groups is 1. The fourth-order valence-electron chi connectivity index (χ4n) is 1.46. The van der Waals surface area contributed by atoms with Crippen molar-refractivity contribution in [2.75, 3.05) is 6.54 Å². The van der Waals surface area contributed by atoms with Crippen LogP contribution in [0.2, 0.25) is 0 Å². The van der Waals surface area contributed by atoms with Crippen molar-refractivity contribution in [3.8, 4) is 0 Å². The van der Waals surface area contributed by atoms with E-state index in [0.29, 0.717) is 6.42 Å². The van der Waals surface area contributed by atoms with E-state index in [0.717, 1.165) is 0 Å². The fourth-order valence-corrected chi connectivity index (χ4v) is 3.34. The lowest BCUT2D eigenvalue weighted by Gasteiger charge is -2.20. The minimum absolute atomic E-state index is 0.0311. The summed E-state index contributed by atoms with van der Waals surface area (Å²) in [6.45, 7) is 7.29. The van der Waals surface area contributed by atoms with Crippen molar-refractivity contribution in [1.29, 1.82) is 0 Å². The average Bonchev–Trinajstić information content (AvgIpc) is 2.13. The van der Waals surface area contributed by atoms with Crippen LogP contribution in [0.15, 0.2) is 0 Å². The molecule has 8 heteroatoms. The third kappa shape index (κ3) is 7.44. The minimum Gasteiger partial charge on any atom is -0.392 e. The molecule has 112 valence electrons. The number of hydrogen-bond acceptors (Lipinski definition) is 4. The summed E-state index contributed by atoms with van der Waals surface area (Å²) in [5.74, 6) is -0.210. The lowest BCUT2D eigenvalue weighted by atomic mass is 10.1. The van der Waals surface area contributed by atoms with Gasteiger partial charge in [-0.2, -0.15) is 0 Å². The van der Waals surface area contributed by atoms with Gasteiger partial charge in [-0.15, -0.1) is 0 Å². The highest BCUT2D eigenvalue weighted by Gasteiger charge is 2.26. The molecule has 0 heterocycles. The van der Waals surface area contributed by atoms with Gasteiger partial charge in [0.1, 0.15) is 5.25 Å². The first-order valence-electron chi connectivity index (χ1n) is 6.08. The lowest BCUT2D eigenvalue weighted by Crippen LogP contribution is -2.44. The predicted octanol–water partition coefficient (Wildman–Crippen LogP) is 0.275. The van der Waals surface area contributed by atoms with Crippen LogP contribution < -0.4 is 15.8 Å². The maximum absolute atomic E-state index is 11.9. The number of carbonyl (C=O) groups is 1. The molecule has 1 unspecified atom stereocenters. The number of sulfonamides is 1. The maximum Gasteiger partial charge on any atom is 0.221 e. The van der Waals surface area contributed by atoms with Crippen molar-refractivity contribution < 1.29 is 13.2 Å². The standard InChI is InChI=1S/C11H23N3O3S2/c1-5-8(10(12)18)19(16,17)13-7-6-9(15)14-11(2,3)4/h8,13H,5-7H2,1-4H3,(H2,12,18)(H,14,15). The fraction of sp³-hybridized carbons (Fsp3) is 0.818. The Morgan fingerprint density at radius 2 is 1.89 bits per heavy atom. The van der Waals surface area contributed by atoms with Crippen LogP contribution in [0, 0.1) is 0 Å². The number of carbonyl (C=O) groups excluding carboxylic acids is 1. The van der Waals surface area contributed by atoms with Crippen molar-refractivity contribution in [2.24, 2.45) is 5.73 Å². The highest BCUT2D eigenvalue weighted by molar-refractivity contribution is 7.93. The summed E-state index contributed by atoms with van der Waals surface area (Å²) in [5, 5.41) is 1.85. The second-order valence-corrected chi connectivity index (χ2v) is 7.71. The molecule has 1 amide bonds. The van der Waals surface area contributed by atoms with Gasteiger partial charge in [-0.1, -0.05) is 19.1 Å². The van der Waals surface area contributed by atoms with Crippen LogP contribution in [0.25, 0.3) is 0 Å². The summed E-state index contributed by atoms with van der Waals surface area (Å²) >= 11 is 4.72. The third-order valence-corrected chi connectivity index (χ3v) is 4.61. The Hall–Kier alpha value is -0.730. The van der Waals surface area contributed by atoms with Crippen LogP contribution in [-0.2, 0) is 14.8 Å². The Morgan fingerprint density at radius 3 is 2.26 bits per heavy atom. The summed E-state index contributed by atoms with van der Waals surface area (Å²) < 4.78 is 26.1. The van der Waals surface area contributed by atoms with Crippen molar-refractivity contribution in [1.82, 2.24) is 10.0 Å². The molecule has 0 saturated carbocycles. The first-order chi connectivity index (χ1) is 8.49. The third-order valence-electron chi connectivity index (χ3n) is 2.23. The topological polar surface area (TPSA) is 101 Å². The van der Waals surface area contributed by atoms with Crippen LogP contribution in [0.3, 0.4) is 0 Å². The Bertz CT molecular complexity index is 427. The normalized spacial score (nSPS) is 13.9. The van der Waals surface area contributed by atoms with E-state index in [1.54, 1.807) is 6.92 Å². The molecule has 0 spiro atoms. The van der Waals surface area contributed by atoms with Gasteiger partial charge in [-0.25, -0.2) is 13.1 Å². The van der Waals surface area contributed by atoms with Crippen molar-refractivity contribution in [3.63, 3.8) is 0 Å². The maximum atomic E-state index is 11.9. The first-order valence-corrected chi connectivity index (χ1v) is 8.04. The molecule has 0 rings (SSSR count). The van der Waals surface area contributed by atoms with E-state index in [2.05, 4.69) is 10.0 Å². The van der Waals surface area contributed by atoms with Gasteiger partial charge >= 0.3 is 0 Å². The Morgan fingerprint density at radius 1 is 1.37 bits per heavy atom. The highest BCUT2D eigenvalue weighted by Crippen LogP contribution is 2.05. The highest BCUT2D eigenvalue weighted by atomic mass is 32.2. The van der Waals surface area contributed by atoms with Crippen molar-refractivity contribution >= 4 is 33.1 Å². The smallest absolute Gasteiger partial charge is 0.221 e. The van der Waals surface area contributed by atoms with Gasteiger partial charge in [0, 0.05) is 18.5 Å². The van der Waals surface area contributed by atoms with Gasteiger partial charge in [0.15, 0.2) is 0 Å². The number of hydrogen-bond donors (Lipinski definition) is 3. The predicted molar refractivity (Wildman–Crippen MR) is 80.3 cm³/mol. The molecule has 19 heavy (non-hydrogen) atoms. The van der Waals surface area contributed by atoms with Gasteiger partial charge in [0.25, 0.3) is 0 Å². The minimum atomic E-state index is -3.61. The van der Waals surface area contributed by atoms with Gasteiger partial charge in [0.05, 0.1) is 4.99 Å². The summed E-state index contributed by atoms with van der Waals surface area (Å²) in [6, 6.07) is 0. The monoisotopic (exact) mass is 309 g/mol. The summed E-state index contributed by atoms with van der Waals surface area (Å²) in [4.78, 5) is 11.5. The molecule has 0 aliphatic rings. The van der Waals surface area contributed by atoms with E-state index >= 15 is 0 Å². The summed E-state index contributed by atoms with van der Waals surface area (Å²) in [6.07, 6.45) is 0.378. The van der Waals surface area contributed by atoms with Crippen LogP contribution >= 0.6 is 12.2 Å². The van der Waals surface area contributed by atoms with E-state index in [1.807, 2.05) is 20.8 Å². The number of nitrogens with two attached hydrogens (primary N) is 1. The molecular weight excluding hydrogens is 286 g/mol. The number of nitrogens with one attached hydrogen (secondary N) is 2. The van der Waals surface area contributed by atoms with Gasteiger partial charge in [-0.05, 0) is 27.2 Å². The zero-order chi connectivity index (χ0) is 15.3. The number of rotatable bonds is 7. The largest absolute Gasteiger partial charge is 0.392 e. The van der Waals surface area contributed by atoms with Crippen molar-refractivity contribution in [2.45, 2.75) is 51.3 Å². The van der Waals surface area contributed by atoms with E-state index < -0.39 is 15.3 Å². The second-order valence-electron chi connectivity index (χ2n) is 5.29. The SMILES string of the molecule is CCC(C(N)=S)S(=O)(=O)NCCC(=O)NC(C)(C)C. The Labute approximate surface area is 120 Å². The summed E-state index contributed by atoms with van der Waals surface area (Å²) in [7, 11) is -3.61. The first kappa shape index (κ1) is 18.3. The van der Waals surface area contributed by atoms with Gasteiger partial charge in [-0.3, -0.25) is 4.79 Å². The van der Waals surface area contributed by atoms with Crippen molar-refractivity contribution in [3.05, 3.63) is 0 Å².